The highest BCUT2D eigenvalue weighted by Crippen LogP contribution is 1.93. The maximum absolute atomic E-state index is 10.6. The zero-order chi connectivity index (χ0) is 9.56. The molecule has 0 aromatic heterocycles. The third-order valence-corrected chi connectivity index (χ3v) is 0.872. The maximum atomic E-state index is 10.6. The van der Waals surface area contributed by atoms with E-state index < -0.39 is 17.9 Å². The van der Waals surface area contributed by atoms with Gasteiger partial charge in [0.05, 0.1) is 6.10 Å². The Morgan fingerprint density at radius 2 is 2.17 bits per heavy atom. The van der Waals surface area contributed by atoms with E-state index in [-0.39, 0.29) is 12.9 Å². The van der Waals surface area contributed by atoms with Gasteiger partial charge in [0.1, 0.15) is 0 Å². The Hall–Kier alpha value is -1.43. The predicted octanol–water partition coefficient (Wildman–Crippen LogP) is -1.04. The highest BCUT2D eigenvalue weighted by molar-refractivity contribution is 6.33. The van der Waals surface area contributed by atoms with Crippen LogP contribution in [0.5, 0.6) is 0 Å². The molecule has 0 saturated heterocycles. The van der Waals surface area contributed by atoms with Crippen molar-refractivity contribution in [2.75, 3.05) is 0 Å². The number of aliphatic hydroxyl groups excluding tert-OH is 1. The molecule has 0 saturated carbocycles. The molecule has 0 radical (unpaired) electrons. The Morgan fingerprint density at radius 3 is 2.58 bits per heavy atom. The molecule has 0 aliphatic heterocycles. The molecule has 0 aliphatic rings. The minimum absolute atomic E-state index is 0.131. The van der Waals surface area contributed by atoms with E-state index in [1.54, 1.807) is 0 Å². The summed E-state index contributed by atoms with van der Waals surface area (Å²) in [7, 11) is 0. The summed E-state index contributed by atoms with van der Waals surface area (Å²) in [6.07, 6.45) is -1.29. The van der Waals surface area contributed by atoms with Crippen LogP contribution in [-0.2, 0) is 24.2 Å². The van der Waals surface area contributed by atoms with E-state index >= 15 is 0 Å². The Balaban J connectivity index is 3.77. The van der Waals surface area contributed by atoms with Gasteiger partial charge in [0.15, 0.2) is 0 Å². The molecule has 0 fully saturated rings. The van der Waals surface area contributed by atoms with E-state index in [4.69, 9.17) is 5.11 Å². The van der Waals surface area contributed by atoms with Crippen molar-refractivity contribution >= 4 is 18.2 Å². The van der Waals surface area contributed by atoms with Crippen LogP contribution in [-0.4, -0.2) is 29.4 Å². The van der Waals surface area contributed by atoms with Crippen molar-refractivity contribution in [2.24, 2.45) is 0 Å². The summed E-state index contributed by atoms with van der Waals surface area (Å²) in [5.74, 6) is -2.25. The number of Topliss-reactive ketones (excluding diaryl/α,β-unsaturated/α-hetero) is 1. The Bertz CT molecular complexity index is 184. The van der Waals surface area contributed by atoms with Gasteiger partial charge in [-0.1, -0.05) is 0 Å². The first-order valence-electron chi connectivity index (χ1n) is 3.10. The van der Waals surface area contributed by atoms with Crippen LogP contribution in [0.4, 0.5) is 0 Å². The van der Waals surface area contributed by atoms with Crippen molar-refractivity contribution in [3.63, 3.8) is 0 Å². The van der Waals surface area contributed by atoms with E-state index in [2.05, 4.69) is 9.78 Å². The molecule has 1 atom stereocenters. The van der Waals surface area contributed by atoms with Gasteiger partial charge in [-0.05, 0) is 6.92 Å². The molecule has 0 aliphatic carbocycles. The molecule has 0 amide bonds. The lowest BCUT2D eigenvalue weighted by atomic mass is 10.2. The van der Waals surface area contributed by atoms with Crippen molar-refractivity contribution in [3.8, 4) is 0 Å². The van der Waals surface area contributed by atoms with Crippen LogP contribution in [0.15, 0.2) is 0 Å². The average molecular weight is 176 g/mol. The normalized spacial score (nSPS) is 11.5. The topological polar surface area (TPSA) is 89.9 Å². The average Bonchev–Trinajstić information content (AvgIpc) is 1.98. The highest BCUT2D eigenvalue weighted by atomic mass is 17.2. The SMILES string of the molecule is CC(O)CC(=O)C(=O)OOC=O. The van der Waals surface area contributed by atoms with Crippen molar-refractivity contribution in [3.05, 3.63) is 0 Å². The fourth-order valence-corrected chi connectivity index (χ4v) is 0.461. The van der Waals surface area contributed by atoms with Gasteiger partial charge in [0.2, 0.25) is 5.78 Å². The third kappa shape index (κ3) is 4.40. The van der Waals surface area contributed by atoms with Crippen LogP contribution < -0.4 is 0 Å². The number of carbonyl (C=O) groups is 3. The van der Waals surface area contributed by atoms with Gasteiger partial charge in [0, 0.05) is 6.42 Å². The Morgan fingerprint density at radius 1 is 1.58 bits per heavy atom. The zero-order valence-corrected chi connectivity index (χ0v) is 6.35. The molecule has 0 aromatic rings. The minimum atomic E-state index is -1.30. The molecule has 6 heteroatoms. The second-order valence-electron chi connectivity index (χ2n) is 2.04. The van der Waals surface area contributed by atoms with Crippen LogP contribution >= 0.6 is 0 Å². The highest BCUT2D eigenvalue weighted by Gasteiger charge is 2.18. The molecule has 6 nitrogen and oxygen atoms in total. The second kappa shape index (κ2) is 5.25. The fourth-order valence-electron chi connectivity index (χ4n) is 0.461. The Kier molecular flexibility index (Phi) is 4.62. The zero-order valence-electron chi connectivity index (χ0n) is 6.35. The van der Waals surface area contributed by atoms with E-state index in [1.165, 1.54) is 6.92 Å². The van der Waals surface area contributed by atoms with Crippen LogP contribution in [0.3, 0.4) is 0 Å². The third-order valence-electron chi connectivity index (χ3n) is 0.872. The monoisotopic (exact) mass is 176 g/mol. The summed E-state index contributed by atoms with van der Waals surface area (Å²) in [4.78, 5) is 37.8. The summed E-state index contributed by atoms with van der Waals surface area (Å²) in [5, 5.41) is 8.66. The molecule has 0 rings (SSSR count). The van der Waals surface area contributed by atoms with E-state index in [0.717, 1.165) is 0 Å². The van der Waals surface area contributed by atoms with Crippen LogP contribution in [0.1, 0.15) is 13.3 Å². The molecule has 1 N–H and O–H groups in total. The quantitative estimate of drug-likeness (QED) is 0.249. The van der Waals surface area contributed by atoms with Gasteiger partial charge in [-0.2, -0.15) is 0 Å². The summed E-state index contributed by atoms with van der Waals surface area (Å²) >= 11 is 0. The maximum Gasteiger partial charge on any atom is 0.421 e. The number of carbonyl (C=O) groups excluding carboxylic acids is 3. The molecule has 1 unspecified atom stereocenters. The van der Waals surface area contributed by atoms with Crippen LogP contribution in [0, 0.1) is 0 Å². The lowest BCUT2D eigenvalue weighted by molar-refractivity contribution is -0.246. The van der Waals surface area contributed by atoms with Gasteiger partial charge in [0.25, 0.3) is 0 Å². The molecule has 12 heavy (non-hydrogen) atoms. The molecule has 68 valence electrons. The molecular weight excluding hydrogens is 168 g/mol. The number of ketones is 1. The van der Waals surface area contributed by atoms with E-state index in [1.807, 2.05) is 0 Å². The Labute approximate surface area is 68.0 Å². The predicted molar refractivity (Wildman–Crippen MR) is 34.5 cm³/mol. The van der Waals surface area contributed by atoms with Crippen molar-refractivity contribution < 1.29 is 29.3 Å². The summed E-state index contributed by atoms with van der Waals surface area (Å²) in [6, 6.07) is 0. The first-order chi connectivity index (χ1) is 5.57. The molecule has 0 bridgehead atoms. The summed E-state index contributed by atoms with van der Waals surface area (Å²) in [5.41, 5.74) is 0. The number of rotatable bonds is 5. The van der Waals surface area contributed by atoms with E-state index in [9.17, 15) is 14.4 Å². The molecule has 0 spiro atoms. The largest absolute Gasteiger partial charge is 0.421 e. The molecular formula is C6H8O6. The molecule has 0 heterocycles. The standard InChI is InChI=1S/C6H8O6/c1-4(8)2-5(9)6(10)12-11-3-7/h3-4,8H,2H2,1H3. The van der Waals surface area contributed by atoms with Crippen molar-refractivity contribution in [2.45, 2.75) is 19.4 Å². The number of aliphatic hydroxyl groups is 1. The van der Waals surface area contributed by atoms with Gasteiger partial charge >= 0.3 is 12.4 Å². The first kappa shape index (κ1) is 10.6. The van der Waals surface area contributed by atoms with Gasteiger partial charge in [-0.15, -0.1) is 0 Å². The van der Waals surface area contributed by atoms with Crippen LogP contribution in [0.25, 0.3) is 0 Å². The van der Waals surface area contributed by atoms with Crippen LogP contribution in [0.2, 0.25) is 0 Å². The summed E-state index contributed by atoms with van der Waals surface area (Å²) in [6.45, 7) is 1.21. The number of hydrogen-bond acceptors (Lipinski definition) is 6. The summed E-state index contributed by atoms with van der Waals surface area (Å²) < 4.78 is 0. The van der Waals surface area contributed by atoms with Gasteiger partial charge < -0.3 is 5.11 Å². The van der Waals surface area contributed by atoms with Crippen molar-refractivity contribution in [1.29, 1.82) is 0 Å². The second-order valence-corrected chi connectivity index (χ2v) is 2.04. The lowest BCUT2D eigenvalue weighted by Gasteiger charge is -2.00. The van der Waals surface area contributed by atoms with Gasteiger partial charge in [-0.25, -0.2) is 9.68 Å². The lowest BCUT2D eigenvalue weighted by Crippen LogP contribution is -2.21. The van der Waals surface area contributed by atoms with Crippen molar-refractivity contribution in [1.82, 2.24) is 0 Å². The fraction of sp³-hybridized carbons (Fsp3) is 0.500. The first-order valence-corrected chi connectivity index (χ1v) is 3.10. The minimum Gasteiger partial charge on any atom is -0.393 e. The van der Waals surface area contributed by atoms with E-state index in [0.29, 0.717) is 0 Å². The van der Waals surface area contributed by atoms with Gasteiger partial charge in [-0.3, -0.25) is 14.5 Å². The smallest absolute Gasteiger partial charge is 0.393 e. The molecule has 0 aromatic carbocycles. The number of hydrogen-bond donors (Lipinski definition) is 1.